The number of nitrogens with one attached hydrogen (secondary N) is 2. The molecule has 1 aromatic rings. The Hall–Kier alpha value is -2.53. The van der Waals surface area contributed by atoms with Crippen LogP contribution < -0.4 is 21.1 Å². The molecule has 0 bridgehead atoms. The molecule has 0 radical (unpaired) electrons. The molecule has 7 nitrogen and oxygen atoms in total. The van der Waals surface area contributed by atoms with Gasteiger partial charge in [-0.1, -0.05) is 19.3 Å². The molecule has 3 aliphatic rings. The van der Waals surface area contributed by atoms with Gasteiger partial charge in [0, 0.05) is 17.9 Å². The van der Waals surface area contributed by atoms with E-state index in [2.05, 4.69) is 15.6 Å². The lowest BCUT2D eigenvalue weighted by Crippen LogP contribution is -2.56. The van der Waals surface area contributed by atoms with Crippen LogP contribution in [0.3, 0.4) is 0 Å². The van der Waals surface area contributed by atoms with Crippen molar-refractivity contribution in [1.82, 2.24) is 5.32 Å². The van der Waals surface area contributed by atoms with E-state index in [9.17, 15) is 21.6 Å². The number of benzene rings is 1. The van der Waals surface area contributed by atoms with Gasteiger partial charge in [0.25, 0.3) is 0 Å². The summed E-state index contributed by atoms with van der Waals surface area (Å²) in [6.45, 7) is -0.472. The van der Waals surface area contributed by atoms with E-state index in [-0.39, 0.29) is 28.0 Å². The standard InChI is InChI=1S/C22H27F3N4O3S/c1-32-17-10-14(33(2,30)31)8-9-16(17)28-18-11-21(26,13-6-4-3-5-7-13)19-15(22(23,24)25)12-27-20(19)29-18/h8-11,13,28H,3-7,12,26H2,1-2H3,(H,27,29). The summed E-state index contributed by atoms with van der Waals surface area (Å²) in [6.07, 6.45) is 2.50. The predicted molar refractivity (Wildman–Crippen MR) is 120 cm³/mol. The van der Waals surface area contributed by atoms with Crippen molar-refractivity contribution in [2.45, 2.75) is 48.7 Å². The molecule has 1 fully saturated rings. The van der Waals surface area contributed by atoms with Crippen LogP contribution in [-0.2, 0) is 9.84 Å². The van der Waals surface area contributed by atoms with Crippen molar-refractivity contribution in [2.24, 2.45) is 16.6 Å². The first kappa shape index (κ1) is 23.6. The van der Waals surface area contributed by atoms with Crippen LogP contribution in [0.25, 0.3) is 0 Å². The van der Waals surface area contributed by atoms with Crippen LogP contribution in [-0.4, -0.2) is 45.9 Å². The van der Waals surface area contributed by atoms with Crippen LogP contribution in [0.15, 0.2) is 51.1 Å². The summed E-state index contributed by atoms with van der Waals surface area (Å²) in [5.74, 6) is 0.605. The van der Waals surface area contributed by atoms with Gasteiger partial charge in [-0.3, -0.25) is 4.99 Å². The summed E-state index contributed by atoms with van der Waals surface area (Å²) in [6, 6.07) is 4.36. The molecular formula is C22H27F3N4O3S. The lowest BCUT2D eigenvalue weighted by Gasteiger charge is -2.43. The third kappa shape index (κ3) is 4.48. The highest BCUT2D eigenvalue weighted by atomic mass is 32.2. The number of nitrogens with zero attached hydrogens (tertiary/aromatic N) is 1. The number of hydrogen-bond donors (Lipinski definition) is 3. The van der Waals surface area contributed by atoms with Gasteiger partial charge in [-0.15, -0.1) is 0 Å². The van der Waals surface area contributed by atoms with Crippen LogP contribution in [0, 0.1) is 5.92 Å². The van der Waals surface area contributed by atoms with Crippen LogP contribution >= 0.6 is 0 Å². The quantitative estimate of drug-likeness (QED) is 0.591. The fourth-order valence-electron chi connectivity index (χ4n) is 4.85. The second kappa shape index (κ2) is 8.35. The molecular weight excluding hydrogens is 457 g/mol. The molecule has 1 atom stereocenters. The predicted octanol–water partition coefficient (Wildman–Crippen LogP) is 3.50. The Labute approximate surface area is 190 Å². The molecule has 0 aromatic heterocycles. The van der Waals surface area contributed by atoms with Crippen molar-refractivity contribution in [3.8, 4) is 5.75 Å². The summed E-state index contributed by atoms with van der Waals surface area (Å²) in [7, 11) is -2.04. The van der Waals surface area contributed by atoms with Gasteiger partial charge >= 0.3 is 6.18 Å². The van der Waals surface area contributed by atoms with E-state index >= 15 is 0 Å². The lowest BCUT2D eigenvalue weighted by molar-refractivity contribution is -0.0928. The number of hydrogen-bond acceptors (Lipinski definition) is 7. The zero-order valence-electron chi connectivity index (χ0n) is 18.4. The van der Waals surface area contributed by atoms with Gasteiger partial charge in [0.05, 0.1) is 35.3 Å². The molecule has 2 heterocycles. The highest BCUT2D eigenvalue weighted by Crippen LogP contribution is 2.45. The van der Waals surface area contributed by atoms with Crippen molar-refractivity contribution < 1.29 is 26.3 Å². The van der Waals surface area contributed by atoms with E-state index in [1.54, 1.807) is 12.1 Å². The Bertz CT molecular complexity index is 1150. The van der Waals surface area contributed by atoms with Gasteiger partial charge in [-0.05, 0) is 37.0 Å². The molecule has 1 saturated carbocycles. The number of nitrogens with two attached hydrogens (primary N) is 1. The number of methoxy groups -OCH3 is 1. The van der Waals surface area contributed by atoms with E-state index in [0.717, 1.165) is 38.4 Å². The molecule has 0 amide bonds. The SMILES string of the molecule is COc1cc(S(C)(=O)=O)ccc1NC1=CC(N)(C2CCCCC2)C2=C(C(F)(F)F)CN=C2N1. The van der Waals surface area contributed by atoms with E-state index < -0.39 is 33.7 Å². The Morgan fingerprint density at radius 1 is 1.24 bits per heavy atom. The maximum atomic E-state index is 13.8. The summed E-state index contributed by atoms with van der Waals surface area (Å²) < 4.78 is 70.5. The van der Waals surface area contributed by atoms with Crippen LogP contribution in [0.2, 0.25) is 0 Å². The van der Waals surface area contributed by atoms with Crippen molar-refractivity contribution in [3.05, 3.63) is 41.2 Å². The summed E-state index contributed by atoms with van der Waals surface area (Å²) in [4.78, 5) is 4.21. The molecule has 4 rings (SSSR count). The van der Waals surface area contributed by atoms with Gasteiger partial charge in [-0.2, -0.15) is 13.2 Å². The minimum atomic E-state index is -4.52. The number of amidine groups is 1. The first-order valence-electron chi connectivity index (χ1n) is 10.7. The van der Waals surface area contributed by atoms with Crippen LogP contribution in [0.4, 0.5) is 18.9 Å². The number of rotatable bonds is 5. The molecule has 4 N–H and O–H groups in total. The second-order valence-electron chi connectivity index (χ2n) is 8.73. The number of anilines is 1. The largest absolute Gasteiger partial charge is 0.495 e. The first-order chi connectivity index (χ1) is 15.4. The van der Waals surface area contributed by atoms with Crippen LogP contribution in [0.5, 0.6) is 5.75 Å². The minimum Gasteiger partial charge on any atom is -0.495 e. The van der Waals surface area contributed by atoms with Gasteiger partial charge in [0.2, 0.25) is 0 Å². The average molecular weight is 485 g/mol. The normalized spacial score (nSPS) is 24.1. The third-order valence-corrected chi connectivity index (χ3v) is 7.61. The smallest absolute Gasteiger partial charge is 0.414 e. The number of fused-ring (bicyclic) bond motifs is 1. The number of halogens is 3. The zero-order chi connectivity index (χ0) is 24.0. The number of alkyl halides is 3. The molecule has 2 aliphatic heterocycles. The third-order valence-electron chi connectivity index (χ3n) is 6.50. The molecule has 1 aromatic carbocycles. The van der Waals surface area contributed by atoms with Gasteiger partial charge < -0.3 is 21.1 Å². The molecule has 0 saturated heterocycles. The Balaban J connectivity index is 1.77. The molecule has 180 valence electrons. The molecule has 1 unspecified atom stereocenters. The lowest BCUT2D eigenvalue weighted by atomic mass is 9.69. The zero-order valence-corrected chi connectivity index (χ0v) is 19.2. The molecule has 33 heavy (non-hydrogen) atoms. The van der Waals surface area contributed by atoms with Crippen molar-refractivity contribution in [1.29, 1.82) is 0 Å². The average Bonchev–Trinajstić information content (AvgIpc) is 3.19. The second-order valence-corrected chi connectivity index (χ2v) is 10.7. The maximum Gasteiger partial charge on any atom is 0.414 e. The topological polar surface area (TPSA) is 106 Å². The summed E-state index contributed by atoms with van der Waals surface area (Å²) in [5.41, 5.74) is 5.21. The highest BCUT2D eigenvalue weighted by molar-refractivity contribution is 7.90. The van der Waals surface area contributed by atoms with Gasteiger partial charge in [-0.25, -0.2) is 8.42 Å². The highest BCUT2D eigenvalue weighted by Gasteiger charge is 2.50. The van der Waals surface area contributed by atoms with Gasteiger partial charge in [0.15, 0.2) is 9.84 Å². The van der Waals surface area contributed by atoms with E-state index in [0.29, 0.717) is 11.5 Å². The Morgan fingerprint density at radius 2 is 1.94 bits per heavy atom. The number of ether oxygens (including phenoxy) is 1. The summed E-state index contributed by atoms with van der Waals surface area (Å²) in [5, 5.41) is 6.05. The minimum absolute atomic E-state index is 0.0202. The van der Waals surface area contributed by atoms with Crippen LogP contribution in [0.1, 0.15) is 32.1 Å². The van der Waals surface area contributed by atoms with Gasteiger partial charge in [0.1, 0.15) is 17.4 Å². The first-order valence-corrected chi connectivity index (χ1v) is 12.6. The molecule has 1 aliphatic carbocycles. The van der Waals surface area contributed by atoms with Crippen molar-refractivity contribution >= 4 is 21.4 Å². The van der Waals surface area contributed by atoms with E-state index in [1.165, 1.54) is 19.2 Å². The van der Waals surface area contributed by atoms with Crippen molar-refractivity contribution in [2.75, 3.05) is 25.2 Å². The molecule has 11 heteroatoms. The fraction of sp³-hybridized carbons (Fsp3) is 0.500. The van der Waals surface area contributed by atoms with Crippen molar-refractivity contribution in [3.63, 3.8) is 0 Å². The summed E-state index contributed by atoms with van der Waals surface area (Å²) >= 11 is 0. The Morgan fingerprint density at radius 3 is 2.55 bits per heavy atom. The fourth-order valence-corrected chi connectivity index (χ4v) is 5.49. The number of sulfone groups is 1. The number of aliphatic imine (C=N–C) groups is 1. The molecule has 0 spiro atoms. The van der Waals surface area contributed by atoms with E-state index in [1.807, 2.05) is 0 Å². The maximum absolute atomic E-state index is 13.8. The van der Waals surface area contributed by atoms with E-state index in [4.69, 9.17) is 10.5 Å². The monoisotopic (exact) mass is 484 g/mol. The Kier molecular flexibility index (Phi) is 5.98.